The zero-order valence-corrected chi connectivity index (χ0v) is 11.6. The predicted octanol–water partition coefficient (Wildman–Crippen LogP) is 1.66. The van der Waals surface area contributed by atoms with Crippen molar-refractivity contribution in [3.05, 3.63) is 35.4 Å². The van der Waals surface area contributed by atoms with Crippen molar-refractivity contribution in [1.82, 2.24) is 10.2 Å². The van der Waals surface area contributed by atoms with Gasteiger partial charge >= 0.3 is 0 Å². The van der Waals surface area contributed by atoms with Gasteiger partial charge < -0.3 is 10.2 Å². The van der Waals surface area contributed by atoms with Crippen molar-refractivity contribution < 1.29 is 4.79 Å². The fourth-order valence-electron chi connectivity index (χ4n) is 3.31. The molecule has 2 aliphatic heterocycles. The van der Waals surface area contributed by atoms with Gasteiger partial charge in [-0.15, -0.1) is 0 Å². The maximum absolute atomic E-state index is 12.6. The average Bonchev–Trinajstić information content (AvgIpc) is 2.78. The molecular weight excluding hydrogens is 250 g/mol. The third kappa shape index (κ3) is 2.30. The van der Waals surface area contributed by atoms with Gasteiger partial charge in [0.2, 0.25) is 5.91 Å². The second kappa shape index (κ2) is 5.26. The van der Waals surface area contributed by atoms with E-state index in [0.29, 0.717) is 18.0 Å². The number of piperidine rings is 1. The highest BCUT2D eigenvalue weighted by Gasteiger charge is 2.46. The molecule has 4 heteroatoms. The predicted molar refractivity (Wildman–Crippen MR) is 75.7 cm³/mol. The lowest BCUT2D eigenvalue weighted by Gasteiger charge is -2.32. The summed E-state index contributed by atoms with van der Waals surface area (Å²) in [5.41, 5.74) is 1.61. The minimum atomic E-state index is -0.148. The zero-order chi connectivity index (χ0) is 14.0. The summed E-state index contributed by atoms with van der Waals surface area (Å²) in [5, 5.41) is 12.2. The monoisotopic (exact) mass is 269 g/mol. The molecule has 2 aliphatic rings. The number of amides is 1. The van der Waals surface area contributed by atoms with E-state index in [1.807, 2.05) is 29.2 Å². The topological polar surface area (TPSA) is 56.1 Å². The molecule has 3 rings (SSSR count). The highest BCUT2D eigenvalue weighted by Crippen LogP contribution is 2.38. The molecule has 0 radical (unpaired) electrons. The Morgan fingerprint density at radius 2 is 2.10 bits per heavy atom. The van der Waals surface area contributed by atoms with Crippen LogP contribution in [0, 0.1) is 16.7 Å². The highest BCUT2D eigenvalue weighted by molar-refractivity contribution is 5.85. The Morgan fingerprint density at radius 3 is 2.75 bits per heavy atom. The molecule has 0 saturated carbocycles. The van der Waals surface area contributed by atoms with Gasteiger partial charge in [0, 0.05) is 19.6 Å². The molecule has 1 aromatic carbocycles. The number of carbonyl (C=O) groups excluding carboxylic acids is 1. The third-order valence-electron chi connectivity index (χ3n) is 4.53. The van der Waals surface area contributed by atoms with Crippen LogP contribution < -0.4 is 5.32 Å². The van der Waals surface area contributed by atoms with Crippen LogP contribution in [-0.4, -0.2) is 30.4 Å². The zero-order valence-electron chi connectivity index (χ0n) is 11.6. The van der Waals surface area contributed by atoms with Gasteiger partial charge in [0.15, 0.2) is 0 Å². The number of nitriles is 1. The number of carbonyl (C=O) groups is 1. The van der Waals surface area contributed by atoms with E-state index < -0.39 is 0 Å². The molecule has 0 aliphatic carbocycles. The van der Waals surface area contributed by atoms with Crippen molar-refractivity contribution in [3.63, 3.8) is 0 Å². The quantitative estimate of drug-likeness (QED) is 0.888. The molecule has 1 amide bonds. The summed E-state index contributed by atoms with van der Waals surface area (Å²) in [6, 6.07) is 9.62. The summed E-state index contributed by atoms with van der Waals surface area (Å²) in [6.07, 6.45) is 3.08. The van der Waals surface area contributed by atoms with E-state index in [9.17, 15) is 4.79 Å². The lowest BCUT2D eigenvalue weighted by Crippen LogP contribution is -2.45. The van der Waals surface area contributed by atoms with Crippen LogP contribution in [0.5, 0.6) is 0 Å². The van der Waals surface area contributed by atoms with Crippen LogP contribution in [0.15, 0.2) is 24.3 Å². The second-order valence-electron chi connectivity index (χ2n) is 5.85. The van der Waals surface area contributed by atoms with Crippen LogP contribution in [0.2, 0.25) is 0 Å². The molecule has 4 nitrogen and oxygen atoms in total. The number of hydrogen-bond acceptors (Lipinski definition) is 3. The first-order valence-electron chi connectivity index (χ1n) is 7.23. The minimum Gasteiger partial charge on any atom is -0.338 e. The van der Waals surface area contributed by atoms with Crippen molar-refractivity contribution in [3.8, 4) is 6.07 Å². The normalized spacial score (nSPS) is 25.9. The average molecular weight is 269 g/mol. The fraction of sp³-hybridized carbons (Fsp3) is 0.500. The fourth-order valence-corrected chi connectivity index (χ4v) is 3.31. The van der Waals surface area contributed by atoms with Crippen LogP contribution in [-0.2, 0) is 11.3 Å². The molecule has 104 valence electrons. The number of likely N-dealkylation sites (tertiary alicyclic amines) is 1. The van der Waals surface area contributed by atoms with Crippen LogP contribution in [0.1, 0.15) is 30.4 Å². The number of nitrogens with one attached hydrogen (secondary N) is 1. The van der Waals surface area contributed by atoms with Crippen molar-refractivity contribution in [1.29, 1.82) is 5.26 Å². The van der Waals surface area contributed by atoms with Crippen molar-refractivity contribution in [2.75, 3.05) is 19.6 Å². The van der Waals surface area contributed by atoms with Gasteiger partial charge in [0.05, 0.1) is 17.0 Å². The largest absolute Gasteiger partial charge is 0.338 e. The van der Waals surface area contributed by atoms with Crippen molar-refractivity contribution in [2.45, 2.75) is 25.8 Å². The number of nitrogens with zero attached hydrogens (tertiary/aromatic N) is 2. The maximum atomic E-state index is 12.6. The van der Waals surface area contributed by atoms with Crippen LogP contribution in [0.25, 0.3) is 0 Å². The van der Waals surface area contributed by atoms with Gasteiger partial charge in [-0.3, -0.25) is 4.79 Å². The Morgan fingerprint density at radius 1 is 1.30 bits per heavy atom. The Hall–Kier alpha value is -1.86. The molecule has 1 atom stereocenters. The first kappa shape index (κ1) is 13.1. The van der Waals surface area contributed by atoms with E-state index in [1.165, 1.54) is 0 Å². The van der Waals surface area contributed by atoms with Gasteiger partial charge in [-0.05, 0) is 43.5 Å². The van der Waals surface area contributed by atoms with Crippen molar-refractivity contribution >= 4 is 5.91 Å². The van der Waals surface area contributed by atoms with E-state index in [2.05, 4.69) is 11.4 Å². The molecule has 1 aromatic rings. The summed E-state index contributed by atoms with van der Waals surface area (Å²) < 4.78 is 0. The lowest BCUT2D eigenvalue weighted by atomic mass is 9.79. The molecule has 0 bridgehead atoms. The van der Waals surface area contributed by atoms with Gasteiger partial charge in [0.25, 0.3) is 0 Å². The standard InChI is InChI=1S/C16H19N3O/c17-10-13-2-4-14(5-3-13)11-19-9-7-16(15(19)20)6-1-8-18-12-16/h2-5,18H,1,6-9,11-12H2. The summed E-state index contributed by atoms with van der Waals surface area (Å²) >= 11 is 0. The summed E-state index contributed by atoms with van der Waals surface area (Å²) in [6.45, 7) is 3.37. The first-order valence-corrected chi connectivity index (χ1v) is 7.23. The Bertz CT molecular complexity index is 538. The maximum Gasteiger partial charge on any atom is 0.230 e. The van der Waals surface area contributed by atoms with E-state index in [0.717, 1.165) is 44.5 Å². The molecule has 0 aromatic heterocycles. The van der Waals surface area contributed by atoms with Crippen LogP contribution >= 0.6 is 0 Å². The second-order valence-corrected chi connectivity index (χ2v) is 5.85. The van der Waals surface area contributed by atoms with E-state index >= 15 is 0 Å². The van der Waals surface area contributed by atoms with E-state index in [4.69, 9.17) is 5.26 Å². The molecule has 2 saturated heterocycles. The molecular formula is C16H19N3O. The number of hydrogen-bond donors (Lipinski definition) is 1. The number of rotatable bonds is 2. The summed E-state index contributed by atoms with van der Waals surface area (Å²) in [5.74, 6) is 0.300. The molecule has 2 heterocycles. The molecule has 1 N–H and O–H groups in total. The van der Waals surface area contributed by atoms with Crippen molar-refractivity contribution in [2.24, 2.45) is 5.41 Å². The van der Waals surface area contributed by atoms with Gasteiger partial charge in [-0.2, -0.15) is 5.26 Å². The smallest absolute Gasteiger partial charge is 0.230 e. The first-order chi connectivity index (χ1) is 9.73. The molecule has 1 unspecified atom stereocenters. The van der Waals surface area contributed by atoms with E-state index in [-0.39, 0.29) is 5.41 Å². The Kier molecular flexibility index (Phi) is 3.45. The van der Waals surface area contributed by atoms with Gasteiger partial charge in [-0.1, -0.05) is 12.1 Å². The molecule has 2 fully saturated rings. The van der Waals surface area contributed by atoms with Gasteiger partial charge in [0.1, 0.15) is 0 Å². The highest BCUT2D eigenvalue weighted by atomic mass is 16.2. The number of benzene rings is 1. The molecule has 20 heavy (non-hydrogen) atoms. The Labute approximate surface area is 119 Å². The summed E-state index contributed by atoms with van der Waals surface area (Å²) in [4.78, 5) is 14.6. The van der Waals surface area contributed by atoms with E-state index in [1.54, 1.807) is 0 Å². The van der Waals surface area contributed by atoms with Crippen LogP contribution in [0.3, 0.4) is 0 Å². The minimum absolute atomic E-state index is 0.148. The summed E-state index contributed by atoms with van der Waals surface area (Å²) in [7, 11) is 0. The van der Waals surface area contributed by atoms with Crippen LogP contribution in [0.4, 0.5) is 0 Å². The Balaban J connectivity index is 1.69. The third-order valence-corrected chi connectivity index (χ3v) is 4.53. The lowest BCUT2D eigenvalue weighted by molar-refractivity contribution is -0.137. The SMILES string of the molecule is N#Cc1ccc(CN2CCC3(CCCNC3)C2=O)cc1. The molecule has 1 spiro atoms. The van der Waals surface area contributed by atoms with Gasteiger partial charge in [-0.25, -0.2) is 0 Å².